The van der Waals surface area contributed by atoms with E-state index in [4.69, 9.17) is 0 Å². The summed E-state index contributed by atoms with van der Waals surface area (Å²) in [6.07, 6.45) is 6.38. The average molecular weight is 268 g/mol. The van der Waals surface area contributed by atoms with Crippen LogP contribution >= 0.6 is 0 Å². The second kappa shape index (κ2) is 5.61. The molecule has 1 aliphatic carbocycles. The summed E-state index contributed by atoms with van der Waals surface area (Å²) in [4.78, 5) is 18.6. The third kappa shape index (κ3) is 2.67. The van der Waals surface area contributed by atoms with Crippen LogP contribution in [-0.4, -0.2) is 22.8 Å². The Morgan fingerprint density at radius 3 is 2.85 bits per heavy atom. The van der Waals surface area contributed by atoms with Gasteiger partial charge in [-0.05, 0) is 30.5 Å². The number of para-hydroxylation sites is 1. The van der Waals surface area contributed by atoms with Gasteiger partial charge in [-0.2, -0.15) is 0 Å². The molecule has 0 spiro atoms. The Morgan fingerprint density at radius 1 is 1.30 bits per heavy atom. The largest absolute Gasteiger partial charge is 0.341 e. The highest BCUT2D eigenvalue weighted by Gasteiger charge is 2.25. The summed E-state index contributed by atoms with van der Waals surface area (Å²) in [5, 5.41) is 1.13. The molecule has 3 heteroatoms. The molecule has 3 nitrogen and oxygen atoms in total. The van der Waals surface area contributed by atoms with Gasteiger partial charge >= 0.3 is 0 Å². The quantitative estimate of drug-likeness (QED) is 0.855. The predicted molar refractivity (Wildman–Crippen MR) is 80.2 cm³/mol. The molecule has 1 amide bonds. The number of fused-ring (bicyclic) bond motifs is 1. The van der Waals surface area contributed by atoms with Gasteiger partial charge in [0.1, 0.15) is 0 Å². The Morgan fingerprint density at radius 2 is 2.05 bits per heavy atom. The highest BCUT2D eigenvalue weighted by atomic mass is 16.2. The maximum atomic E-state index is 12.3. The molecule has 3 rings (SSSR count). The van der Waals surface area contributed by atoms with Gasteiger partial charge in [-0.25, -0.2) is 0 Å². The van der Waals surface area contributed by atoms with E-state index in [-0.39, 0.29) is 11.8 Å². The van der Waals surface area contributed by atoms with Gasteiger partial charge in [-0.3, -0.25) is 9.78 Å². The zero-order valence-corrected chi connectivity index (χ0v) is 11.9. The fourth-order valence-electron chi connectivity index (χ4n) is 3.04. The topological polar surface area (TPSA) is 33.2 Å². The smallest absolute Gasteiger partial charge is 0.225 e. The maximum Gasteiger partial charge on any atom is 0.225 e. The molecule has 0 unspecified atom stereocenters. The Labute approximate surface area is 119 Å². The van der Waals surface area contributed by atoms with Gasteiger partial charge in [0.2, 0.25) is 5.91 Å². The lowest BCUT2D eigenvalue weighted by molar-refractivity contribution is -0.134. The van der Waals surface area contributed by atoms with Crippen LogP contribution < -0.4 is 0 Å². The van der Waals surface area contributed by atoms with Crippen molar-refractivity contribution in [1.29, 1.82) is 0 Å². The van der Waals surface area contributed by atoms with Gasteiger partial charge in [-0.1, -0.05) is 31.0 Å². The number of amides is 1. The number of benzene rings is 1. The predicted octanol–water partition coefficient (Wildman–Crippen LogP) is 3.38. The summed E-state index contributed by atoms with van der Waals surface area (Å²) in [6.45, 7) is 0.646. The van der Waals surface area contributed by atoms with E-state index < -0.39 is 0 Å². The SMILES string of the molecule is CN(Cc1cnc2ccccc2c1)C(=O)C1CCCC1. The molecule has 1 heterocycles. The van der Waals surface area contributed by atoms with Crippen molar-refractivity contribution in [1.82, 2.24) is 9.88 Å². The number of carbonyl (C=O) groups is 1. The second-order valence-electron chi connectivity index (χ2n) is 5.71. The number of aromatic nitrogens is 1. The van der Waals surface area contributed by atoms with E-state index in [9.17, 15) is 4.79 Å². The van der Waals surface area contributed by atoms with Gasteiger partial charge < -0.3 is 4.90 Å². The van der Waals surface area contributed by atoms with E-state index in [0.29, 0.717) is 6.54 Å². The Balaban J connectivity index is 1.73. The van der Waals surface area contributed by atoms with Crippen molar-refractivity contribution in [3.05, 3.63) is 42.1 Å². The third-order valence-electron chi connectivity index (χ3n) is 4.15. The van der Waals surface area contributed by atoms with Crippen LogP contribution in [0.25, 0.3) is 10.9 Å². The summed E-state index contributed by atoms with van der Waals surface area (Å²) in [7, 11) is 1.90. The van der Waals surface area contributed by atoms with Crippen LogP contribution in [0.5, 0.6) is 0 Å². The van der Waals surface area contributed by atoms with Crippen molar-refractivity contribution < 1.29 is 4.79 Å². The fraction of sp³-hybridized carbons (Fsp3) is 0.412. The molecule has 0 saturated heterocycles. The van der Waals surface area contributed by atoms with Gasteiger partial charge in [0.15, 0.2) is 0 Å². The Hall–Kier alpha value is -1.90. The zero-order valence-electron chi connectivity index (χ0n) is 11.9. The number of hydrogen-bond acceptors (Lipinski definition) is 2. The molecule has 0 bridgehead atoms. The zero-order chi connectivity index (χ0) is 13.9. The molecule has 1 aromatic heterocycles. The Kier molecular flexibility index (Phi) is 3.68. The molecular weight excluding hydrogens is 248 g/mol. The first-order valence-electron chi connectivity index (χ1n) is 7.33. The van der Waals surface area contributed by atoms with E-state index in [2.05, 4.69) is 17.1 Å². The molecule has 1 saturated carbocycles. The molecule has 0 radical (unpaired) electrons. The lowest BCUT2D eigenvalue weighted by atomic mass is 10.1. The molecule has 2 aromatic rings. The number of carbonyl (C=O) groups excluding carboxylic acids is 1. The van der Waals surface area contributed by atoms with Gasteiger partial charge in [0, 0.05) is 31.1 Å². The normalized spacial score (nSPS) is 15.7. The highest BCUT2D eigenvalue weighted by Crippen LogP contribution is 2.26. The van der Waals surface area contributed by atoms with E-state index >= 15 is 0 Å². The molecule has 1 fully saturated rings. The van der Waals surface area contributed by atoms with Gasteiger partial charge in [0.05, 0.1) is 5.52 Å². The second-order valence-corrected chi connectivity index (χ2v) is 5.71. The number of rotatable bonds is 3. The van der Waals surface area contributed by atoms with Crippen LogP contribution in [0.4, 0.5) is 0 Å². The first-order chi connectivity index (χ1) is 9.74. The van der Waals surface area contributed by atoms with E-state index in [0.717, 1.165) is 29.3 Å². The number of pyridine rings is 1. The van der Waals surface area contributed by atoms with E-state index in [1.54, 1.807) is 0 Å². The monoisotopic (exact) mass is 268 g/mol. The maximum absolute atomic E-state index is 12.3. The summed E-state index contributed by atoms with van der Waals surface area (Å²) < 4.78 is 0. The number of hydrogen-bond donors (Lipinski definition) is 0. The first-order valence-corrected chi connectivity index (χ1v) is 7.33. The van der Waals surface area contributed by atoms with Crippen molar-refractivity contribution in [3.8, 4) is 0 Å². The van der Waals surface area contributed by atoms with Crippen molar-refractivity contribution in [2.45, 2.75) is 32.2 Å². The first kappa shape index (κ1) is 13.1. The van der Waals surface area contributed by atoms with Crippen molar-refractivity contribution in [3.63, 3.8) is 0 Å². The molecular formula is C17H20N2O. The average Bonchev–Trinajstić information content (AvgIpc) is 3.00. The van der Waals surface area contributed by atoms with Crippen molar-refractivity contribution in [2.75, 3.05) is 7.05 Å². The molecule has 0 aliphatic heterocycles. The lowest BCUT2D eigenvalue weighted by Crippen LogP contribution is -2.31. The van der Waals surface area contributed by atoms with Crippen LogP contribution in [0.3, 0.4) is 0 Å². The van der Waals surface area contributed by atoms with Crippen LogP contribution in [0.15, 0.2) is 36.5 Å². The Bertz CT molecular complexity index is 617. The molecule has 1 aliphatic rings. The summed E-state index contributed by atoms with van der Waals surface area (Å²) in [6, 6.07) is 10.2. The van der Waals surface area contributed by atoms with E-state index in [1.165, 1.54) is 12.8 Å². The minimum absolute atomic E-state index is 0.244. The molecule has 0 N–H and O–H groups in total. The van der Waals surface area contributed by atoms with Gasteiger partial charge in [0.25, 0.3) is 0 Å². The van der Waals surface area contributed by atoms with Gasteiger partial charge in [-0.15, -0.1) is 0 Å². The summed E-state index contributed by atoms with van der Waals surface area (Å²) in [5.41, 5.74) is 2.10. The lowest BCUT2D eigenvalue weighted by Gasteiger charge is -2.21. The number of nitrogens with zero attached hydrogens (tertiary/aromatic N) is 2. The van der Waals surface area contributed by atoms with Crippen LogP contribution in [0.2, 0.25) is 0 Å². The minimum atomic E-state index is 0.244. The van der Waals surface area contributed by atoms with Crippen LogP contribution in [-0.2, 0) is 11.3 Å². The van der Waals surface area contributed by atoms with Crippen molar-refractivity contribution in [2.24, 2.45) is 5.92 Å². The fourth-order valence-corrected chi connectivity index (χ4v) is 3.04. The summed E-state index contributed by atoms with van der Waals surface area (Å²) in [5.74, 6) is 0.532. The third-order valence-corrected chi connectivity index (χ3v) is 4.15. The van der Waals surface area contributed by atoms with Crippen LogP contribution in [0, 0.1) is 5.92 Å². The molecule has 20 heavy (non-hydrogen) atoms. The molecule has 104 valence electrons. The summed E-state index contributed by atoms with van der Waals surface area (Å²) >= 11 is 0. The van der Waals surface area contributed by atoms with E-state index in [1.807, 2.05) is 36.3 Å². The highest BCUT2D eigenvalue weighted by molar-refractivity contribution is 5.80. The molecule has 1 aromatic carbocycles. The molecule has 0 atom stereocenters. The minimum Gasteiger partial charge on any atom is -0.341 e. The van der Waals surface area contributed by atoms with Crippen molar-refractivity contribution >= 4 is 16.8 Å². The van der Waals surface area contributed by atoms with Crippen LogP contribution in [0.1, 0.15) is 31.2 Å². The standard InChI is InChI=1S/C17H20N2O/c1-19(17(20)14-6-2-3-7-14)12-13-10-15-8-4-5-9-16(15)18-11-13/h4-5,8-11,14H,2-3,6-7,12H2,1H3.